The Bertz CT molecular complexity index is 1670. The van der Waals surface area contributed by atoms with Crippen molar-refractivity contribution in [2.75, 3.05) is 18.0 Å². The maximum Gasteiger partial charge on any atom is 0.408 e. The highest BCUT2D eigenvalue weighted by Crippen LogP contribution is 2.24. The van der Waals surface area contributed by atoms with E-state index in [4.69, 9.17) is 21.1 Å². The number of halogens is 1. The van der Waals surface area contributed by atoms with Gasteiger partial charge in [0.25, 0.3) is 5.56 Å². The Morgan fingerprint density at radius 1 is 1.09 bits per heavy atom. The van der Waals surface area contributed by atoms with Gasteiger partial charge in [-0.3, -0.25) is 9.36 Å². The molecule has 4 aromatic rings. The third-order valence-corrected chi connectivity index (χ3v) is 7.31. The normalized spacial score (nSPS) is 16.0. The molecule has 1 fully saturated rings. The summed E-state index contributed by atoms with van der Waals surface area (Å²) in [5, 5.41) is 7.69. The Labute approximate surface area is 254 Å². The third kappa shape index (κ3) is 6.99. The second-order valence-electron chi connectivity index (χ2n) is 11.9. The number of nitrogens with zero attached hydrogens (tertiary/aromatic N) is 5. The van der Waals surface area contributed by atoms with Gasteiger partial charge < -0.3 is 19.7 Å². The number of benzene rings is 1. The Kier molecular flexibility index (Phi) is 8.45. The van der Waals surface area contributed by atoms with E-state index in [2.05, 4.69) is 15.4 Å². The zero-order valence-electron chi connectivity index (χ0n) is 24.8. The van der Waals surface area contributed by atoms with Crippen LogP contribution in [0.3, 0.4) is 0 Å². The molecule has 1 amide bonds. The number of anilines is 1. The number of rotatable bonds is 7. The van der Waals surface area contributed by atoms with Gasteiger partial charge in [0.2, 0.25) is 0 Å². The lowest BCUT2D eigenvalue weighted by atomic mass is 10.0. The molecule has 12 heteroatoms. The predicted molar refractivity (Wildman–Crippen MR) is 164 cm³/mol. The summed E-state index contributed by atoms with van der Waals surface area (Å²) in [6.45, 7) is 10.1. The summed E-state index contributed by atoms with van der Waals surface area (Å²) in [6.07, 6.45) is 4.51. The fourth-order valence-electron chi connectivity index (χ4n) is 4.88. The molecule has 3 aromatic heterocycles. The molecule has 1 aliphatic rings. The quantitative estimate of drug-likeness (QED) is 0.296. The molecule has 4 heterocycles. The maximum absolute atomic E-state index is 13.3. The van der Waals surface area contributed by atoms with Gasteiger partial charge in [0.1, 0.15) is 35.4 Å². The highest BCUT2D eigenvalue weighted by molar-refractivity contribution is 6.30. The molecule has 0 bridgehead atoms. The second kappa shape index (κ2) is 12.1. The molecule has 1 aliphatic heterocycles. The molecule has 0 unspecified atom stereocenters. The van der Waals surface area contributed by atoms with E-state index >= 15 is 0 Å². The van der Waals surface area contributed by atoms with Gasteiger partial charge in [0.05, 0.1) is 18.4 Å². The molecule has 1 saturated heterocycles. The molecule has 0 spiro atoms. The van der Waals surface area contributed by atoms with Crippen molar-refractivity contribution < 1.29 is 19.1 Å². The topological polar surface area (TPSA) is 120 Å². The van der Waals surface area contributed by atoms with Crippen molar-refractivity contribution in [1.82, 2.24) is 24.5 Å². The molecule has 5 rings (SSSR count). The summed E-state index contributed by atoms with van der Waals surface area (Å²) in [5.74, 6) is 0.0203. The van der Waals surface area contributed by atoms with E-state index < -0.39 is 23.7 Å². The minimum atomic E-state index is -0.826. The van der Waals surface area contributed by atoms with E-state index in [0.29, 0.717) is 41.6 Å². The molecule has 1 N–H and O–H groups in total. The smallest absolute Gasteiger partial charge is 0.408 e. The monoisotopic (exact) mass is 606 g/mol. The number of nitrogens with one attached hydrogen (secondary N) is 1. The number of carbonyl (C=O) groups excluding carboxylic acids is 2. The summed E-state index contributed by atoms with van der Waals surface area (Å²) in [7, 11) is 0. The molecule has 11 nitrogen and oxygen atoms in total. The van der Waals surface area contributed by atoms with Crippen LogP contribution in [0.25, 0.3) is 22.3 Å². The van der Waals surface area contributed by atoms with Gasteiger partial charge in [0.15, 0.2) is 0 Å². The SMILES string of the molecule is CC(C)[C@H](NC(=O)OC(C)(C)C)C(=O)O[C@@H]1CCN(c2ccc(-n3cnn4cc(-c5ccc(Cl)cc5)cc4c3=O)cn2)C1. The molecule has 0 saturated carbocycles. The minimum absolute atomic E-state index is 0.181. The number of hydrogen-bond acceptors (Lipinski definition) is 8. The number of aromatic nitrogens is 4. The Morgan fingerprint density at radius 2 is 1.84 bits per heavy atom. The number of ether oxygens (including phenoxy) is 2. The fraction of sp³-hybridized carbons (Fsp3) is 0.387. The van der Waals surface area contributed by atoms with E-state index in [1.165, 1.54) is 10.9 Å². The standard InChI is InChI=1S/C31H35ClN6O5/c1-19(2)27(35-30(41)43-31(3,4)5)29(40)42-24-12-13-36(17-24)26-11-10-23(15-33-26)37-18-34-38-16-21(14-25(38)28(37)39)20-6-8-22(32)9-7-20/h6-11,14-16,18-19,24,27H,12-13,17H2,1-5H3,(H,35,41)/t24-,27+/m1/s1. The average molecular weight is 607 g/mol. The zero-order valence-corrected chi connectivity index (χ0v) is 25.5. The van der Waals surface area contributed by atoms with Crippen LogP contribution in [0.15, 0.2) is 66.0 Å². The van der Waals surface area contributed by atoms with Crippen LogP contribution in [0.2, 0.25) is 5.02 Å². The second-order valence-corrected chi connectivity index (χ2v) is 12.3. The van der Waals surface area contributed by atoms with Gasteiger partial charge in [-0.25, -0.2) is 19.1 Å². The summed E-state index contributed by atoms with van der Waals surface area (Å²) in [5.41, 5.74) is 1.90. The van der Waals surface area contributed by atoms with Crippen LogP contribution in [0.4, 0.5) is 10.6 Å². The van der Waals surface area contributed by atoms with Gasteiger partial charge >= 0.3 is 12.1 Å². The first-order valence-electron chi connectivity index (χ1n) is 14.2. The molecule has 1 aromatic carbocycles. The highest BCUT2D eigenvalue weighted by Gasteiger charge is 2.33. The van der Waals surface area contributed by atoms with Crippen molar-refractivity contribution >= 4 is 35.0 Å². The predicted octanol–water partition coefficient (Wildman–Crippen LogP) is 4.87. The lowest BCUT2D eigenvalue weighted by molar-refractivity contribution is -0.151. The number of carbonyl (C=O) groups is 2. The zero-order chi connectivity index (χ0) is 30.9. The lowest BCUT2D eigenvalue weighted by Gasteiger charge is -2.25. The average Bonchev–Trinajstić information content (AvgIpc) is 3.59. The Hall–Kier alpha value is -4.38. The minimum Gasteiger partial charge on any atom is -0.459 e. The van der Waals surface area contributed by atoms with Crippen LogP contribution < -0.4 is 15.8 Å². The number of alkyl carbamates (subject to hydrolysis) is 1. The largest absolute Gasteiger partial charge is 0.459 e. The maximum atomic E-state index is 13.3. The van der Waals surface area contributed by atoms with Crippen LogP contribution in [-0.4, -0.2) is 62.1 Å². The molecule has 0 aliphatic carbocycles. The van der Waals surface area contributed by atoms with Gasteiger partial charge in [-0.2, -0.15) is 5.10 Å². The summed E-state index contributed by atoms with van der Waals surface area (Å²) >= 11 is 6.01. The third-order valence-electron chi connectivity index (χ3n) is 7.06. The Balaban J connectivity index is 1.24. The van der Waals surface area contributed by atoms with E-state index in [1.54, 1.807) is 55.9 Å². The van der Waals surface area contributed by atoms with E-state index in [-0.39, 0.29) is 17.6 Å². The Morgan fingerprint density at radius 3 is 2.49 bits per heavy atom. The van der Waals surface area contributed by atoms with Crippen molar-refractivity contribution in [2.24, 2.45) is 5.92 Å². The first-order valence-corrected chi connectivity index (χ1v) is 14.5. The van der Waals surface area contributed by atoms with Crippen LogP contribution >= 0.6 is 11.6 Å². The summed E-state index contributed by atoms with van der Waals surface area (Å²) in [6, 6.07) is 12.0. The lowest BCUT2D eigenvalue weighted by Crippen LogP contribution is -2.48. The first-order chi connectivity index (χ1) is 20.4. The van der Waals surface area contributed by atoms with Crippen LogP contribution in [0, 0.1) is 5.92 Å². The molecule has 226 valence electrons. The van der Waals surface area contributed by atoms with Crippen molar-refractivity contribution in [3.05, 3.63) is 76.6 Å². The van der Waals surface area contributed by atoms with Crippen molar-refractivity contribution in [2.45, 2.75) is 58.8 Å². The van der Waals surface area contributed by atoms with E-state index in [1.807, 2.05) is 43.0 Å². The van der Waals surface area contributed by atoms with Crippen LogP contribution in [0.1, 0.15) is 41.0 Å². The van der Waals surface area contributed by atoms with Gasteiger partial charge in [0, 0.05) is 29.7 Å². The van der Waals surface area contributed by atoms with E-state index in [0.717, 1.165) is 11.1 Å². The van der Waals surface area contributed by atoms with Gasteiger partial charge in [-0.05, 0) is 62.6 Å². The number of fused-ring (bicyclic) bond motifs is 1. The molecule has 43 heavy (non-hydrogen) atoms. The van der Waals surface area contributed by atoms with Crippen LogP contribution in [-0.2, 0) is 14.3 Å². The summed E-state index contributed by atoms with van der Waals surface area (Å²) in [4.78, 5) is 45.1. The van der Waals surface area contributed by atoms with Gasteiger partial charge in [-0.1, -0.05) is 37.6 Å². The molecule has 2 atom stereocenters. The molecule has 0 radical (unpaired) electrons. The number of amides is 1. The number of esters is 1. The molecular formula is C31H35ClN6O5. The van der Waals surface area contributed by atoms with E-state index in [9.17, 15) is 14.4 Å². The molecular weight excluding hydrogens is 572 g/mol. The highest BCUT2D eigenvalue weighted by atomic mass is 35.5. The number of pyridine rings is 1. The summed E-state index contributed by atoms with van der Waals surface area (Å²) < 4.78 is 14.1. The van der Waals surface area contributed by atoms with Crippen molar-refractivity contribution in [3.63, 3.8) is 0 Å². The van der Waals surface area contributed by atoms with Crippen molar-refractivity contribution in [3.8, 4) is 16.8 Å². The van der Waals surface area contributed by atoms with Gasteiger partial charge in [-0.15, -0.1) is 0 Å². The first kappa shape index (κ1) is 30.1. The van der Waals surface area contributed by atoms with Crippen molar-refractivity contribution in [1.29, 1.82) is 0 Å². The fourth-order valence-corrected chi connectivity index (χ4v) is 5.01. The number of hydrogen-bond donors (Lipinski definition) is 1. The van der Waals surface area contributed by atoms with Crippen LogP contribution in [0.5, 0.6) is 0 Å².